The van der Waals surface area contributed by atoms with Crippen molar-refractivity contribution in [1.29, 1.82) is 0 Å². The fourth-order valence-corrected chi connectivity index (χ4v) is 1.58. The van der Waals surface area contributed by atoms with Gasteiger partial charge in [-0.1, -0.05) is 0 Å². The number of hydrogen-bond acceptors (Lipinski definition) is 4. The van der Waals surface area contributed by atoms with Crippen LogP contribution >= 0.6 is 0 Å². The van der Waals surface area contributed by atoms with Gasteiger partial charge in [0, 0.05) is 23.7 Å². The summed E-state index contributed by atoms with van der Waals surface area (Å²) in [5.41, 5.74) is 6.83. The van der Waals surface area contributed by atoms with E-state index in [1.807, 2.05) is 13.8 Å². The van der Waals surface area contributed by atoms with Gasteiger partial charge < -0.3 is 20.5 Å². The molecule has 0 aliphatic carbocycles. The molecule has 1 rings (SSSR count). The molecule has 0 aromatic heterocycles. The standard InChI is InChI=1S/C13H20N2O3/c1-8(7-14)15-13(16)10-5-11(17-3)9(2)12(6-10)18-4/h5-6,8H,7,14H2,1-4H3,(H,15,16)/t8-/m1/s1. The van der Waals surface area contributed by atoms with E-state index in [9.17, 15) is 4.79 Å². The Morgan fingerprint density at radius 1 is 1.33 bits per heavy atom. The highest BCUT2D eigenvalue weighted by Crippen LogP contribution is 2.29. The predicted octanol–water partition coefficient (Wildman–Crippen LogP) is 1.09. The molecular formula is C13H20N2O3. The molecular weight excluding hydrogens is 232 g/mol. The van der Waals surface area contributed by atoms with Crippen LogP contribution in [0.25, 0.3) is 0 Å². The first-order valence-electron chi connectivity index (χ1n) is 5.77. The van der Waals surface area contributed by atoms with Gasteiger partial charge in [-0.25, -0.2) is 0 Å². The molecule has 100 valence electrons. The number of amides is 1. The topological polar surface area (TPSA) is 73.6 Å². The van der Waals surface area contributed by atoms with Gasteiger partial charge >= 0.3 is 0 Å². The Labute approximate surface area is 107 Å². The third kappa shape index (κ3) is 3.13. The largest absolute Gasteiger partial charge is 0.496 e. The van der Waals surface area contributed by atoms with Gasteiger partial charge in [-0.05, 0) is 26.0 Å². The second-order valence-electron chi connectivity index (χ2n) is 4.12. The lowest BCUT2D eigenvalue weighted by atomic mass is 10.1. The molecule has 0 unspecified atom stereocenters. The van der Waals surface area contributed by atoms with Gasteiger partial charge in [-0.3, -0.25) is 4.79 Å². The summed E-state index contributed by atoms with van der Waals surface area (Å²) in [6.45, 7) is 4.12. The fraction of sp³-hybridized carbons (Fsp3) is 0.462. The first-order chi connectivity index (χ1) is 8.53. The molecule has 5 nitrogen and oxygen atoms in total. The highest BCUT2D eigenvalue weighted by atomic mass is 16.5. The number of nitrogens with one attached hydrogen (secondary N) is 1. The molecule has 1 aromatic carbocycles. The van der Waals surface area contributed by atoms with Crippen molar-refractivity contribution >= 4 is 5.91 Å². The number of nitrogens with two attached hydrogens (primary N) is 1. The third-order valence-corrected chi connectivity index (χ3v) is 2.75. The monoisotopic (exact) mass is 252 g/mol. The third-order valence-electron chi connectivity index (χ3n) is 2.75. The van der Waals surface area contributed by atoms with Crippen LogP contribution in [0.3, 0.4) is 0 Å². The Balaban J connectivity index is 3.05. The van der Waals surface area contributed by atoms with Gasteiger partial charge in [0.25, 0.3) is 5.91 Å². The summed E-state index contributed by atoms with van der Waals surface area (Å²) in [6, 6.07) is 3.31. The summed E-state index contributed by atoms with van der Waals surface area (Å²) in [5, 5.41) is 2.79. The maximum absolute atomic E-state index is 12.0. The second kappa shape index (κ2) is 6.26. The zero-order valence-corrected chi connectivity index (χ0v) is 11.2. The maximum Gasteiger partial charge on any atom is 0.251 e. The van der Waals surface area contributed by atoms with Crippen LogP contribution in [0.4, 0.5) is 0 Å². The fourth-order valence-electron chi connectivity index (χ4n) is 1.58. The Bertz CT molecular complexity index is 407. The first-order valence-corrected chi connectivity index (χ1v) is 5.77. The van der Waals surface area contributed by atoms with E-state index in [1.165, 1.54) is 0 Å². The van der Waals surface area contributed by atoms with Crippen molar-refractivity contribution in [2.24, 2.45) is 5.73 Å². The number of methoxy groups -OCH3 is 2. The number of carbonyl (C=O) groups is 1. The van der Waals surface area contributed by atoms with Crippen molar-refractivity contribution in [3.8, 4) is 11.5 Å². The average Bonchev–Trinajstić information content (AvgIpc) is 2.38. The normalized spacial score (nSPS) is 11.8. The van der Waals surface area contributed by atoms with Crippen LogP contribution in [0.15, 0.2) is 12.1 Å². The van der Waals surface area contributed by atoms with Crippen LogP contribution in [0.5, 0.6) is 11.5 Å². The number of hydrogen-bond donors (Lipinski definition) is 2. The van der Waals surface area contributed by atoms with E-state index in [-0.39, 0.29) is 11.9 Å². The van der Waals surface area contributed by atoms with E-state index >= 15 is 0 Å². The molecule has 0 aliphatic rings. The van der Waals surface area contributed by atoms with Crippen LogP contribution < -0.4 is 20.5 Å². The van der Waals surface area contributed by atoms with Gasteiger partial charge in [0.1, 0.15) is 11.5 Å². The summed E-state index contributed by atoms with van der Waals surface area (Å²) in [7, 11) is 3.12. The van der Waals surface area contributed by atoms with Gasteiger partial charge in [0.15, 0.2) is 0 Å². The lowest BCUT2D eigenvalue weighted by Gasteiger charge is -2.14. The summed E-state index contributed by atoms with van der Waals surface area (Å²) in [4.78, 5) is 12.0. The second-order valence-corrected chi connectivity index (χ2v) is 4.12. The lowest BCUT2D eigenvalue weighted by molar-refractivity contribution is 0.0940. The number of ether oxygens (including phenoxy) is 2. The smallest absolute Gasteiger partial charge is 0.251 e. The molecule has 5 heteroatoms. The van der Waals surface area contributed by atoms with Crippen molar-refractivity contribution in [2.75, 3.05) is 20.8 Å². The van der Waals surface area contributed by atoms with E-state index in [1.54, 1.807) is 26.4 Å². The average molecular weight is 252 g/mol. The SMILES string of the molecule is COc1cc(C(=O)N[C@H](C)CN)cc(OC)c1C. The molecule has 0 aliphatic heterocycles. The van der Waals surface area contributed by atoms with Gasteiger partial charge in [-0.2, -0.15) is 0 Å². The van der Waals surface area contributed by atoms with Crippen molar-refractivity contribution in [1.82, 2.24) is 5.32 Å². The summed E-state index contributed by atoms with van der Waals surface area (Å²) in [5.74, 6) is 1.06. The van der Waals surface area contributed by atoms with Crippen LogP contribution in [0.2, 0.25) is 0 Å². The number of carbonyl (C=O) groups excluding carboxylic acids is 1. The van der Waals surface area contributed by atoms with Gasteiger partial charge in [-0.15, -0.1) is 0 Å². The van der Waals surface area contributed by atoms with Crippen LogP contribution in [-0.4, -0.2) is 32.7 Å². The molecule has 0 fully saturated rings. The zero-order chi connectivity index (χ0) is 13.7. The Morgan fingerprint density at radius 3 is 2.22 bits per heavy atom. The quantitative estimate of drug-likeness (QED) is 0.822. The molecule has 1 atom stereocenters. The van der Waals surface area contributed by atoms with Crippen molar-refractivity contribution in [3.63, 3.8) is 0 Å². The highest BCUT2D eigenvalue weighted by molar-refractivity contribution is 5.95. The van der Waals surface area contributed by atoms with Crippen LogP contribution in [0, 0.1) is 6.92 Å². The minimum Gasteiger partial charge on any atom is -0.496 e. The summed E-state index contributed by atoms with van der Waals surface area (Å²) < 4.78 is 10.4. The predicted molar refractivity (Wildman–Crippen MR) is 70.3 cm³/mol. The van der Waals surface area contributed by atoms with E-state index in [2.05, 4.69) is 5.32 Å². The molecule has 0 saturated heterocycles. The molecule has 18 heavy (non-hydrogen) atoms. The van der Waals surface area contributed by atoms with Crippen LogP contribution in [-0.2, 0) is 0 Å². The van der Waals surface area contributed by atoms with Crippen LogP contribution in [0.1, 0.15) is 22.8 Å². The lowest BCUT2D eigenvalue weighted by Crippen LogP contribution is -2.37. The van der Waals surface area contributed by atoms with E-state index in [4.69, 9.17) is 15.2 Å². The first kappa shape index (κ1) is 14.3. The highest BCUT2D eigenvalue weighted by Gasteiger charge is 2.14. The molecule has 1 aromatic rings. The Kier molecular flexibility index (Phi) is 4.97. The van der Waals surface area contributed by atoms with E-state index in [0.29, 0.717) is 23.6 Å². The Morgan fingerprint density at radius 2 is 1.83 bits per heavy atom. The molecule has 0 bridgehead atoms. The number of benzene rings is 1. The van der Waals surface area contributed by atoms with Gasteiger partial charge in [0.05, 0.1) is 14.2 Å². The van der Waals surface area contributed by atoms with Crippen molar-refractivity contribution in [2.45, 2.75) is 19.9 Å². The molecule has 0 spiro atoms. The molecule has 0 heterocycles. The van der Waals surface area contributed by atoms with E-state index < -0.39 is 0 Å². The van der Waals surface area contributed by atoms with Crippen molar-refractivity contribution in [3.05, 3.63) is 23.3 Å². The Hall–Kier alpha value is -1.75. The van der Waals surface area contributed by atoms with Gasteiger partial charge in [0.2, 0.25) is 0 Å². The molecule has 1 amide bonds. The minimum atomic E-state index is -0.190. The molecule has 3 N–H and O–H groups in total. The molecule has 0 radical (unpaired) electrons. The number of rotatable bonds is 5. The van der Waals surface area contributed by atoms with Crippen molar-refractivity contribution < 1.29 is 14.3 Å². The zero-order valence-electron chi connectivity index (χ0n) is 11.2. The summed E-state index contributed by atoms with van der Waals surface area (Å²) in [6.07, 6.45) is 0. The maximum atomic E-state index is 12.0. The minimum absolute atomic E-state index is 0.0733. The molecule has 0 saturated carbocycles. The van der Waals surface area contributed by atoms with E-state index in [0.717, 1.165) is 5.56 Å². The summed E-state index contributed by atoms with van der Waals surface area (Å²) >= 11 is 0.